The average Bonchev–Trinajstić information content (AvgIpc) is 2.58. The maximum Gasteiger partial charge on any atom is 0.119 e. The van der Waals surface area contributed by atoms with E-state index < -0.39 is 0 Å². The van der Waals surface area contributed by atoms with Crippen molar-refractivity contribution in [3.05, 3.63) is 47.5 Å². The largest absolute Gasteiger partial charge is 0.497 e. The number of aryl methyl sites for hydroxylation is 2. The number of anilines is 3. The molecule has 1 saturated heterocycles. The number of benzene rings is 2. The highest BCUT2D eigenvalue weighted by Crippen LogP contribution is 2.29. The zero-order valence-corrected chi connectivity index (χ0v) is 14.2. The third-order valence-electron chi connectivity index (χ3n) is 4.70. The smallest absolute Gasteiger partial charge is 0.119 e. The van der Waals surface area contributed by atoms with E-state index in [9.17, 15) is 0 Å². The minimum Gasteiger partial charge on any atom is -0.497 e. The molecule has 4 heteroatoms. The van der Waals surface area contributed by atoms with Crippen LogP contribution in [0.1, 0.15) is 11.1 Å². The third-order valence-corrected chi connectivity index (χ3v) is 4.70. The van der Waals surface area contributed by atoms with Gasteiger partial charge in [-0.05, 0) is 61.4 Å². The summed E-state index contributed by atoms with van der Waals surface area (Å²) in [4.78, 5) is 4.80. The fourth-order valence-electron chi connectivity index (χ4n) is 3.10. The summed E-state index contributed by atoms with van der Waals surface area (Å²) in [5.74, 6) is 0.898. The maximum absolute atomic E-state index is 6.23. The minimum atomic E-state index is 0.881. The zero-order valence-electron chi connectivity index (χ0n) is 14.2. The summed E-state index contributed by atoms with van der Waals surface area (Å²) in [6, 6.07) is 12.6. The molecule has 1 aliphatic heterocycles. The van der Waals surface area contributed by atoms with Crippen LogP contribution >= 0.6 is 0 Å². The van der Waals surface area contributed by atoms with Gasteiger partial charge in [-0.25, -0.2) is 0 Å². The highest BCUT2D eigenvalue weighted by atomic mass is 16.5. The molecule has 0 aromatic heterocycles. The van der Waals surface area contributed by atoms with Crippen molar-refractivity contribution in [3.63, 3.8) is 0 Å². The van der Waals surface area contributed by atoms with E-state index >= 15 is 0 Å². The summed E-state index contributed by atoms with van der Waals surface area (Å²) < 4.78 is 5.22. The highest BCUT2D eigenvalue weighted by molar-refractivity contribution is 5.70. The van der Waals surface area contributed by atoms with Crippen molar-refractivity contribution in [2.24, 2.45) is 0 Å². The number of nitrogens with zero attached hydrogens (tertiary/aromatic N) is 2. The number of nitrogen functional groups attached to an aromatic ring is 1. The van der Waals surface area contributed by atoms with Crippen molar-refractivity contribution in [2.75, 3.05) is 48.8 Å². The number of nitrogens with two attached hydrogens (primary N) is 1. The molecule has 0 aliphatic carbocycles. The number of rotatable bonds is 3. The molecule has 2 aromatic carbocycles. The van der Waals surface area contributed by atoms with Gasteiger partial charge in [0.2, 0.25) is 0 Å². The predicted octanol–water partition coefficient (Wildman–Crippen LogP) is 3.22. The van der Waals surface area contributed by atoms with Crippen LogP contribution in [0.4, 0.5) is 17.1 Å². The van der Waals surface area contributed by atoms with Gasteiger partial charge < -0.3 is 20.3 Å². The van der Waals surface area contributed by atoms with E-state index in [0.29, 0.717) is 0 Å². The summed E-state index contributed by atoms with van der Waals surface area (Å²) >= 11 is 0. The Morgan fingerprint density at radius 2 is 1.43 bits per heavy atom. The molecule has 3 rings (SSSR count). The Morgan fingerprint density at radius 1 is 0.870 bits per heavy atom. The van der Waals surface area contributed by atoms with E-state index in [4.69, 9.17) is 10.5 Å². The van der Waals surface area contributed by atoms with E-state index in [1.807, 2.05) is 12.1 Å². The first-order chi connectivity index (χ1) is 11.1. The second kappa shape index (κ2) is 6.41. The molecular formula is C19H25N3O. The van der Waals surface area contributed by atoms with E-state index in [1.54, 1.807) is 7.11 Å². The quantitative estimate of drug-likeness (QED) is 0.884. The first-order valence-corrected chi connectivity index (χ1v) is 8.09. The fraction of sp³-hybridized carbons (Fsp3) is 0.368. The van der Waals surface area contributed by atoms with E-state index in [2.05, 4.69) is 47.9 Å². The Hall–Kier alpha value is -2.36. The number of methoxy groups -OCH3 is 1. The third kappa shape index (κ3) is 3.21. The number of hydrogen-bond acceptors (Lipinski definition) is 4. The van der Waals surface area contributed by atoms with E-state index in [1.165, 1.54) is 22.5 Å². The van der Waals surface area contributed by atoms with Gasteiger partial charge in [-0.1, -0.05) is 0 Å². The second-order valence-corrected chi connectivity index (χ2v) is 6.17. The SMILES string of the molecule is COc1ccc(N2CCN(c3cc(C)c(C)cc3N)CC2)cc1. The lowest BCUT2D eigenvalue weighted by Gasteiger charge is -2.38. The molecule has 122 valence electrons. The van der Waals surface area contributed by atoms with Crippen LogP contribution in [0.5, 0.6) is 5.75 Å². The molecule has 2 N–H and O–H groups in total. The molecule has 0 amide bonds. The van der Waals surface area contributed by atoms with Gasteiger partial charge in [-0.15, -0.1) is 0 Å². The summed E-state index contributed by atoms with van der Waals surface area (Å²) in [5, 5.41) is 0. The fourth-order valence-corrected chi connectivity index (χ4v) is 3.10. The Morgan fingerprint density at radius 3 is 2.04 bits per heavy atom. The van der Waals surface area contributed by atoms with Crippen LogP contribution in [0.2, 0.25) is 0 Å². The van der Waals surface area contributed by atoms with Crippen molar-refractivity contribution in [3.8, 4) is 5.75 Å². The minimum absolute atomic E-state index is 0.881. The van der Waals surface area contributed by atoms with Crippen LogP contribution in [-0.4, -0.2) is 33.3 Å². The Bertz CT molecular complexity index is 674. The first kappa shape index (κ1) is 15.5. The molecule has 0 spiro atoms. The van der Waals surface area contributed by atoms with Crippen LogP contribution in [0.3, 0.4) is 0 Å². The van der Waals surface area contributed by atoms with Gasteiger partial charge in [0.1, 0.15) is 5.75 Å². The Balaban J connectivity index is 1.69. The predicted molar refractivity (Wildman–Crippen MR) is 97.7 cm³/mol. The molecule has 1 heterocycles. The van der Waals surface area contributed by atoms with Crippen LogP contribution in [-0.2, 0) is 0 Å². The molecule has 1 aliphatic rings. The lowest BCUT2D eigenvalue weighted by molar-refractivity contribution is 0.415. The summed E-state index contributed by atoms with van der Waals surface area (Å²) in [5.41, 5.74) is 12.1. The molecular weight excluding hydrogens is 286 g/mol. The molecule has 0 saturated carbocycles. The highest BCUT2D eigenvalue weighted by Gasteiger charge is 2.19. The molecule has 4 nitrogen and oxygen atoms in total. The standard InChI is InChI=1S/C19H25N3O/c1-14-12-18(20)19(13-15(14)2)22-10-8-21(9-11-22)16-4-6-17(23-3)7-5-16/h4-7,12-13H,8-11,20H2,1-3H3. The van der Waals surface area contributed by atoms with E-state index in [-0.39, 0.29) is 0 Å². The van der Waals surface area contributed by atoms with Crippen molar-refractivity contribution in [1.82, 2.24) is 0 Å². The van der Waals surface area contributed by atoms with Crippen molar-refractivity contribution >= 4 is 17.1 Å². The van der Waals surface area contributed by atoms with Gasteiger partial charge in [0.25, 0.3) is 0 Å². The van der Waals surface area contributed by atoms with Gasteiger partial charge in [-0.2, -0.15) is 0 Å². The normalized spacial score (nSPS) is 14.9. The van der Waals surface area contributed by atoms with Crippen molar-refractivity contribution in [2.45, 2.75) is 13.8 Å². The molecule has 0 atom stereocenters. The van der Waals surface area contributed by atoms with Gasteiger partial charge in [0.15, 0.2) is 0 Å². The van der Waals surface area contributed by atoms with Crippen molar-refractivity contribution < 1.29 is 4.74 Å². The van der Waals surface area contributed by atoms with Gasteiger partial charge in [0.05, 0.1) is 18.5 Å². The zero-order chi connectivity index (χ0) is 16.4. The molecule has 0 radical (unpaired) electrons. The molecule has 0 unspecified atom stereocenters. The summed E-state index contributed by atoms with van der Waals surface area (Å²) in [6.07, 6.45) is 0. The number of piperazine rings is 1. The maximum atomic E-state index is 6.23. The van der Waals surface area contributed by atoms with Crippen LogP contribution in [0.15, 0.2) is 36.4 Å². The molecule has 23 heavy (non-hydrogen) atoms. The van der Waals surface area contributed by atoms with Crippen LogP contribution in [0, 0.1) is 13.8 Å². The number of ether oxygens (including phenoxy) is 1. The summed E-state index contributed by atoms with van der Waals surface area (Å²) in [7, 11) is 1.70. The Kier molecular flexibility index (Phi) is 4.33. The lowest BCUT2D eigenvalue weighted by Crippen LogP contribution is -2.46. The van der Waals surface area contributed by atoms with Gasteiger partial charge >= 0.3 is 0 Å². The molecule has 0 bridgehead atoms. The summed E-state index contributed by atoms with van der Waals surface area (Å²) in [6.45, 7) is 8.22. The average molecular weight is 311 g/mol. The Labute approximate surface area is 138 Å². The van der Waals surface area contributed by atoms with E-state index in [0.717, 1.165) is 37.6 Å². The monoisotopic (exact) mass is 311 g/mol. The second-order valence-electron chi connectivity index (χ2n) is 6.17. The van der Waals surface area contributed by atoms with Crippen LogP contribution in [0.25, 0.3) is 0 Å². The van der Waals surface area contributed by atoms with Crippen LogP contribution < -0.4 is 20.3 Å². The molecule has 1 fully saturated rings. The van der Waals surface area contributed by atoms with Gasteiger partial charge in [0, 0.05) is 31.9 Å². The first-order valence-electron chi connectivity index (χ1n) is 8.09. The number of hydrogen-bond donors (Lipinski definition) is 1. The molecule has 2 aromatic rings. The lowest BCUT2D eigenvalue weighted by atomic mass is 10.1. The topological polar surface area (TPSA) is 41.7 Å². The van der Waals surface area contributed by atoms with Crippen molar-refractivity contribution in [1.29, 1.82) is 0 Å². The van der Waals surface area contributed by atoms with Gasteiger partial charge in [-0.3, -0.25) is 0 Å².